The van der Waals surface area contributed by atoms with E-state index in [1.165, 1.54) is 12.1 Å². The first kappa shape index (κ1) is 15.6. The molecule has 4 rings (SSSR count). The van der Waals surface area contributed by atoms with Gasteiger partial charge in [-0.25, -0.2) is 0 Å². The van der Waals surface area contributed by atoms with Crippen LogP contribution in [0, 0.1) is 0 Å². The topological polar surface area (TPSA) is 23.4 Å². The van der Waals surface area contributed by atoms with E-state index in [9.17, 15) is 13.2 Å². The summed E-state index contributed by atoms with van der Waals surface area (Å²) in [6.45, 7) is 0.805. The Morgan fingerprint density at radius 3 is 2.44 bits per heavy atom. The minimum absolute atomic E-state index is 0.221. The molecule has 2 aromatic carbocycles. The van der Waals surface area contributed by atoms with Crippen molar-refractivity contribution in [2.75, 3.05) is 6.79 Å². The lowest BCUT2D eigenvalue weighted by Crippen LogP contribution is -2.04. The van der Waals surface area contributed by atoms with E-state index in [1.807, 2.05) is 41.1 Å². The van der Waals surface area contributed by atoms with Gasteiger partial charge in [-0.2, -0.15) is 13.2 Å². The zero-order chi connectivity index (χ0) is 17.4. The van der Waals surface area contributed by atoms with Crippen LogP contribution in [0.3, 0.4) is 0 Å². The van der Waals surface area contributed by atoms with Crippen LogP contribution in [0.1, 0.15) is 11.1 Å². The second kappa shape index (κ2) is 5.88. The highest BCUT2D eigenvalue weighted by Gasteiger charge is 2.30. The van der Waals surface area contributed by atoms with Gasteiger partial charge in [-0.05, 0) is 47.5 Å². The fourth-order valence-corrected chi connectivity index (χ4v) is 2.88. The quantitative estimate of drug-likeness (QED) is 0.670. The van der Waals surface area contributed by atoms with Crippen LogP contribution in [0.4, 0.5) is 13.2 Å². The lowest BCUT2D eigenvalue weighted by molar-refractivity contribution is -0.137. The number of alkyl halides is 3. The number of ether oxygens (including phenoxy) is 2. The molecule has 1 aromatic heterocycles. The Morgan fingerprint density at radius 1 is 0.920 bits per heavy atom. The highest BCUT2D eigenvalue weighted by atomic mass is 19.4. The standard InChI is InChI=1S/C19H14F3NO2/c20-19(21,22)15-6-4-14(5-7-15)16-2-1-9-23(16)11-13-3-8-17-18(10-13)25-12-24-17/h1-10H,11-12H2. The number of hydrogen-bond donors (Lipinski definition) is 0. The van der Waals surface area contributed by atoms with Gasteiger partial charge >= 0.3 is 6.18 Å². The molecule has 0 fully saturated rings. The fraction of sp³-hybridized carbons (Fsp3) is 0.158. The molecule has 0 radical (unpaired) electrons. The van der Waals surface area contributed by atoms with Gasteiger partial charge in [0, 0.05) is 18.4 Å². The number of aromatic nitrogens is 1. The number of benzene rings is 2. The molecule has 0 amide bonds. The van der Waals surface area contributed by atoms with Crippen molar-refractivity contribution in [1.82, 2.24) is 4.57 Å². The Labute approximate surface area is 142 Å². The molecule has 0 spiro atoms. The molecule has 1 aliphatic rings. The smallest absolute Gasteiger partial charge is 0.416 e. The first-order valence-corrected chi connectivity index (χ1v) is 7.72. The van der Waals surface area contributed by atoms with Crippen LogP contribution in [-0.4, -0.2) is 11.4 Å². The number of halogens is 3. The van der Waals surface area contributed by atoms with Gasteiger partial charge in [-0.1, -0.05) is 18.2 Å². The Bertz CT molecular complexity index is 898. The molecule has 0 saturated carbocycles. The lowest BCUT2D eigenvalue weighted by atomic mass is 10.1. The molecular weight excluding hydrogens is 331 g/mol. The van der Waals surface area contributed by atoms with E-state index in [-0.39, 0.29) is 6.79 Å². The van der Waals surface area contributed by atoms with E-state index in [0.717, 1.165) is 34.7 Å². The first-order valence-electron chi connectivity index (χ1n) is 7.72. The van der Waals surface area contributed by atoms with E-state index < -0.39 is 11.7 Å². The fourth-order valence-electron chi connectivity index (χ4n) is 2.88. The first-order chi connectivity index (χ1) is 12.0. The van der Waals surface area contributed by atoms with Gasteiger partial charge in [0.15, 0.2) is 11.5 Å². The molecule has 0 aliphatic carbocycles. The normalized spacial score (nSPS) is 13.2. The highest BCUT2D eigenvalue weighted by Crippen LogP contribution is 2.34. The van der Waals surface area contributed by atoms with Crippen molar-refractivity contribution in [3.63, 3.8) is 0 Å². The molecule has 0 unspecified atom stereocenters. The van der Waals surface area contributed by atoms with Crippen LogP contribution in [-0.2, 0) is 12.7 Å². The molecule has 0 bridgehead atoms. The summed E-state index contributed by atoms with van der Waals surface area (Å²) < 4.78 is 50.8. The molecule has 3 nitrogen and oxygen atoms in total. The number of hydrogen-bond acceptors (Lipinski definition) is 2. The van der Waals surface area contributed by atoms with E-state index in [1.54, 1.807) is 0 Å². The van der Waals surface area contributed by atoms with Gasteiger partial charge in [0.05, 0.1) is 5.56 Å². The maximum absolute atomic E-state index is 12.7. The van der Waals surface area contributed by atoms with Crippen LogP contribution in [0.15, 0.2) is 60.8 Å². The third-order valence-electron chi connectivity index (χ3n) is 4.13. The molecule has 2 heterocycles. The zero-order valence-electron chi connectivity index (χ0n) is 13.1. The van der Waals surface area contributed by atoms with Crippen molar-refractivity contribution in [3.8, 4) is 22.8 Å². The van der Waals surface area contributed by atoms with Gasteiger partial charge in [-0.15, -0.1) is 0 Å². The van der Waals surface area contributed by atoms with E-state index in [2.05, 4.69) is 0 Å². The van der Waals surface area contributed by atoms with Gasteiger partial charge in [0.1, 0.15) is 0 Å². The maximum atomic E-state index is 12.7. The third-order valence-corrected chi connectivity index (χ3v) is 4.13. The largest absolute Gasteiger partial charge is 0.454 e. The van der Waals surface area contributed by atoms with Crippen LogP contribution in [0.2, 0.25) is 0 Å². The molecular formula is C19H14F3NO2. The minimum atomic E-state index is -4.33. The molecule has 0 N–H and O–H groups in total. The predicted molar refractivity (Wildman–Crippen MR) is 86.5 cm³/mol. The SMILES string of the molecule is FC(F)(F)c1ccc(-c2cccn2Cc2ccc3c(c2)OCO3)cc1. The van der Waals surface area contributed by atoms with E-state index in [0.29, 0.717) is 12.3 Å². The molecule has 128 valence electrons. The van der Waals surface area contributed by atoms with Crippen LogP contribution in [0.25, 0.3) is 11.3 Å². The predicted octanol–water partition coefficient (Wildman–Crippen LogP) is 4.95. The van der Waals surface area contributed by atoms with Gasteiger partial charge < -0.3 is 14.0 Å². The second-order valence-electron chi connectivity index (χ2n) is 5.78. The van der Waals surface area contributed by atoms with Gasteiger partial charge in [-0.3, -0.25) is 0 Å². The van der Waals surface area contributed by atoms with Crippen LogP contribution >= 0.6 is 0 Å². The third kappa shape index (κ3) is 3.07. The summed E-state index contributed by atoms with van der Waals surface area (Å²) in [5.74, 6) is 1.43. The van der Waals surface area contributed by atoms with Crippen molar-refractivity contribution in [2.24, 2.45) is 0 Å². The highest BCUT2D eigenvalue weighted by molar-refractivity contribution is 5.61. The molecule has 1 aliphatic heterocycles. The maximum Gasteiger partial charge on any atom is 0.416 e. The summed E-state index contributed by atoms with van der Waals surface area (Å²) in [4.78, 5) is 0. The average molecular weight is 345 g/mol. The van der Waals surface area contributed by atoms with E-state index >= 15 is 0 Å². The minimum Gasteiger partial charge on any atom is -0.454 e. The Balaban J connectivity index is 1.60. The Morgan fingerprint density at radius 2 is 1.68 bits per heavy atom. The summed E-state index contributed by atoms with van der Waals surface area (Å²) >= 11 is 0. The average Bonchev–Trinajstić information content (AvgIpc) is 3.23. The van der Waals surface area contributed by atoms with Crippen LogP contribution in [0.5, 0.6) is 11.5 Å². The summed E-state index contributed by atoms with van der Waals surface area (Å²) in [6, 6.07) is 14.7. The Hall–Kier alpha value is -2.89. The molecule has 0 atom stereocenters. The van der Waals surface area contributed by atoms with Crippen molar-refractivity contribution >= 4 is 0 Å². The summed E-state index contributed by atoms with van der Waals surface area (Å²) in [6.07, 6.45) is -2.43. The van der Waals surface area contributed by atoms with Crippen molar-refractivity contribution in [1.29, 1.82) is 0 Å². The van der Waals surface area contributed by atoms with Crippen molar-refractivity contribution in [3.05, 3.63) is 71.9 Å². The summed E-state index contributed by atoms with van der Waals surface area (Å²) in [5, 5.41) is 0. The van der Waals surface area contributed by atoms with Crippen molar-refractivity contribution < 1.29 is 22.6 Å². The Kier molecular flexibility index (Phi) is 3.67. The monoisotopic (exact) mass is 345 g/mol. The molecule has 25 heavy (non-hydrogen) atoms. The number of nitrogens with zero attached hydrogens (tertiary/aromatic N) is 1. The molecule has 0 saturated heterocycles. The summed E-state index contributed by atoms with van der Waals surface area (Å²) in [7, 11) is 0. The zero-order valence-corrected chi connectivity index (χ0v) is 13.1. The lowest BCUT2D eigenvalue weighted by Gasteiger charge is -2.12. The van der Waals surface area contributed by atoms with E-state index in [4.69, 9.17) is 9.47 Å². The van der Waals surface area contributed by atoms with Crippen LogP contribution < -0.4 is 9.47 Å². The second-order valence-corrected chi connectivity index (χ2v) is 5.78. The molecule has 6 heteroatoms. The van der Waals surface area contributed by atoms with Crippen molar-refractivity contribution in [2.45, 2.75) is 12.7 Å². The summed E-state index contributed by atoms with van der Waals surface area (Å²) in [5.41, 5.74) is 1.96. The van der Waals surface area contributed by atoms with Gasteiger partial charge in [0.2, 0.25) is 6.79 Å². The molecule has 3 aromatic rings. The number of rotatable bonds is 3. The number of fused-ring (bicyclic) bond motifs is 1. The van der Waals surface area contributed by atoms with Gasteiger partial charge in [0.25, 0.3) is 0 Å².